The number of hydrogen-bond acceptors (Lipinski definition) is 4. The lowest BCUT2D eigenvalue weighted by Gasteiger charge is -2.58. The molecule has 1 aliphatic carbocycles. The van der Waals surface area contributed by atoms with Crippen LogP contribution >= 0.6 is 0 Å². The highest BCUT2D eigenvalue weighted by molar-refractivity contribution is 5.74. The number of pyridine rings is 1. The van der Waals surface area contributed by atoms with E-state index in [0.717, 1.165) is 31.7 Å². The standard InChI is InChI=1S/C13H16N2O2/c1-17-12(16)10-6-13(7-10)8-15(9-13)11-4-2-3-5-14-11/h2-5,10H,6-9H2,1H3. The summed E-state index contributed by atoms with van der Waals surface area (Å²) >= 11 is 0. The van der Waals surface area contributed by atoms with Crippen LogP contribution in [0.3, 0.4) is 0 Å². The first kappa shape index (κ1) is 10.6. The molecule has 4 heteroatoms. The lowest BCUT2D eigenvalue weighted by atomic mass is 9.58. The van der Waals surface area contributed by atoms with Crippen molar-refractivity contribution < 1.29 is 9.53 Å². The smallest absolute Gasteiger partial charge is 0.308 e. The molecule has 0 N–H and O–H groups in total. The van der Waals surface area contributed by atoms with E-state index in [1.165, 1.54) is 7.11 Å². The first-order valence-corrected chi connectivity index (χ1v) is 5.96. The van der Waals surface area contributed by atoms with E-state index in [1.807, 2.05) is 24.4 Å². The van der Waals surface area contributed by atoms with Gasteiger partial charge in [0.25, 0.3) is 0 Å². The number of anilines is 1. The van der Waals surface area contributed by atoms with Gasteiger partial charge < -0.3 is 9.64 Å². The molecule has 0 atom stereocenters. The summed E-state index contributed by atoms with van der Waals surface area (Å²) in [4.78, 5) is 17.9. The van der Waals surface area contributed by atoms with Gasteiger partial charge in [0.15, 0.2) is 0 Å². The summed E-state index contributed by atoms with van der Waals surface area (Å²) in [5.41, 5.74) is 0.358. The second-order valence-electron chi connectivity index (χ2n) is 5.17. The summed E-state index contributed by atoms with van der Waals surface area (Å²) in [6, 6.07) is 5.96. The Labute approximate surface area is 101 Å². The number of esters is 1. The molecule has 1 aromatic heterocycles. The van der Waals surface area contributed by atoms with E-state index >= 15 is 0 Å². The Balaban J connectivity index is 1.55. The van der Waals surface area contributed by atoms with Gasteiger partial charge in [-0.05, 0) is 25.0 Å². The molecule has 17 heavy (non-hydrogen) atoms. The van der Waals surface area contributed by atoms with Gasteiger partial charge in [0.05, 0.1) is 13.0 Å². The van der Waals surface area contributed by atoms with Gasteiger partial charge in [-0.2, -0.15) is 0 Å². The van der Waals surface area contributed by atoms with E-state index in [-0.39, 0.29) is 11.9 Å². The van der Waals surface area contributed by atoms with Crippen LogP contribution in [0.15, 0.2) is 24.4 Å². The fourth-order valence-electron chi connectivity index (χ4n) is 3.04. The van der Waals surface area contributed by atoms with Gasteiger partial charge in [-0.25, -0.2) is 4.98 Å². The number of nitrogens with zero attached hydrogens (tertiary/aromatic N) is 2. The van der Waals surface area contributed by atoms with E-state index in [1.54, 1.807) is 0 Å². The molecule has 1 saturated heterocycles. The van der Waals surface area contributed by atoms with Crippen molar-refractivity contribution in [3.05, 3.63) is 24.4 Å². The first-order valence-electron chi connectivity index (χ1n) is 5.96. The van der Waals surface area contributed by atoms with E-state index in [9.17, 15) is 4.79 Å². The summed E-state index contributed by atoms with van der Waals surface area (Å²) in [5.74, 6) is 1.12. The largest absolute Gasteiger partial charge is 0.469 e. The second kappa shape index (κ2) is 3.72. The molecule has 3 rings (SSSR count). The minimum atomic E-state index is -0.0492. The molecule has 2 aliphatic rings. The number of ether oxygens (including phenoxy) is 1. The van der Waals surface area contributed by atoms with Crippen molar-refractivity contribution in [1.82, 2.24) is 4.98 Å². The Morgan fingerprint density at radius 1 is 1.47 bits per heavy atom. The summed E-state index contributed by atoms with van der Waals surface area (Å²) in [6.45, 7) is 2.05. The third-order valence-corrected chi connectivity index (χ3v) is 3.92. The average Bonchev–Trinajstić information content (AvgIpc) is 2.26. The Morgan fingerprint density at radius 3 is 2.82 bits per heavy atom. The molecule has 0 amide bonds. The van der Waals surface area contributed by atoms with E-state index in [2.05, 4.69) is 9.88 Å². The summed E-state index contributed by atoms with van der Waals surface area (Å²) in [7, 11) is 1.47. The number of rotatable bonds is 2. The Hall–Kier alpha value is -1.58. The molecular formula is C13H16N2O2. The van der Waals surface area contributed by atoms with Crippen molar-refractivity contribution in [3.63, 3.8) is 0 Å². The normalized spacial score (nSPS) is 21.8. The fraction of sp³-hybridized carbons (Fsp3) is 0.538. The molecule has 0 aromatic carbocycles. The maximum absolute atomic E-state index is 11.3. The van der Waals surface area contributed by atoms with Gasteiger partial charge in [0.1, 0.15) is 5.82 Å². The highest BCUT2D eigenvalue weighted by atomic mass is 16.5. The minimum Gasteiger partial charge on any atom is -0.469 e. The van der Waals surface area contributed by atoms with Crippen LogP contribution in [0.5, 0.6) is 0 Å². The van der Waals surface area contributed by atoms with Crippen molar-refractivity contribution in [1.29, 1.82) is 0 Å². The zero-order chi connectivity index (χ0) is 11.9. The number of methoxy groups -OCH3 is 1. The summed E-state index contributed by atoms with van der Waals surface area (Å²) < 4.78 is 4.76. The molecule has 1 spiro atoms. The maximum atomic E-state index is 11.3. The SMILES string of the molecule is COC(=O)C1CC2(C1)CN(c1ccccn1)C2. The van der Waals surface area contributed by atoms with Crippen molar-refractivity contribution in [2.75, 3.05) is 25.1 Å². The van der Waals surface area contributed by atoms with Crippen LogP contribution in [0.1, 0.15) is 12.8 Å². The maximum Gasteiger partial charge on any atom is 0.308 e. The first-order chi connectivity index (χ1) is 8.22. The van der Waals surface area contributed by atoms with E-state index in [4.69, 9.17) is 4.74 Å². The van der Waals surface area contributed by atoms with Crippen LogP contribution in [0.4, 0.5) is 5.82 Å². The predicted molar refractivity (Wildman–Crippen MR) is 63.6 cm³/mol. The quantitative estimate of drug-likeness (QED) is 0.724. The number of carbonyl (C=O) groups excluding carboxylic acids is 1. The van der Waals surface area contributed by atoms with Crippen LogP contribution in [0, 0.1) is 11.3 Å². The van der Waals surface area contributed by atoms with E-state index in [0.29, 0.717) is 5.41 Å². The average molecular weight is 232 g/mol. The lowest BCUT2D eigenvalue weighted by molar-refractivity contribution is -0.155. The molecule has 2 fully saturated rings. The highest BCUT2D eigenvalue weighted by Gasteiger charge is 2.55. The molecule has 1 aliphatic heterocycles. The zero-order valence-corrected chi connectivity index (χ0v) is 9.93. The second-order valence-corrected chi connectivity index (χ2v) is 5.17. The molecular weight excluding hydrogens is 216 g/mol. The topological polar surface area (TPSA) is 42.4 Å². The number of carbonyl (C=O) groups is 1. The summed E-state index contributed by atoms with van der Waals surface area (Å²) in [5, 5.41) is 0. The molecule has 0 bridgehead atoms. The Bertz CT molecular complexity index is 418. The lowest BCUT2D eigenvalue weighted by Crippen LogP contribution is -2.63. The molecule has 0 radical (unpaired) electrons. The molecule has 4 nitrogen and oxygen atoms in total. The van der Waals surface area contributed by atoms with Crippen LogP contribution in [0.25, 0.3) is 0 Å². The van der Waals surface area contributed by atoms with Crippen LogP contribution in [-0.2, 0) is 9.53 Å². The molecule has 2 heterocycles. The Morgan fingerprint density at radius 2 is 2.24 bits per heavy atom. The van der Waals surface area contributed by atoms with Gasteiger partial charge in [-0.15, -0.1) is 0 Å². The highest BCUT2D eigenvalue weighted by Crippen LogP contribution is 2.52. The number of hydrogen-bond donors (Lipinski definition) is 0. The molecule has 90 valence electrons. The molecule has 1 saturated carbocycles. The minimum absolute atomic E-state index is 0.0492. The van der Waals surface area contributed by atoms with Crippen molar-refractivity contribution in [2.24, 2.45) is 11.3 Å². The van der Waals surface area contributed by atoms with Gasteiger partial charge in [0.2, 0.25) is 0 Å². The predicted octanol–water partition coefficient (Wildman–Crippen LogP) is 1.47. The molecule has 0 unspecified atom stereocenters. The van der Waals surface area contributed by atoms with Gasteiger partial charge >= 0.3 is 5.97 Å². The third-order valence-electron chi connectivity index (χ3n) is 3.92. The van der Waals surface area contributed by atoms with Crippen molar-refractivity contribution >= 4 is 11.8 Å². The Kier molecular flexibility index (Phi) is 2.31. The summed E-state index contributed by atoms with van der Waals surface area (Å²) in [6.07, 6.45) is 3.77. The number of aromatic nitrogens is 1. The molecule has 1 aromatic rings. The van der Waals surface area contributed by atoms with Crippen LogP contribution in [-0.4, -0.2) is 31.2 Å². The fourth-order valence-corrected chi connectivity index (χ4v) is 3.04. The third kappa shape index (κ3) is 1.68. The van der Waals surface area contributed by atoms with Gasteiger partial charge in [-0.3, -0.25) is 4.79 Å². The van der Waals surface area contributed by atoms with Crippen molar-refractivity contribution in [2.45, 2.75) is 12.8 Å². The van der Waals surface area contributed by atoms with Crippen LogP contribution in [0.2, 0.25) is 0 Å². The zero-order valence-electron chi connectivity index (χ0n) is 9.93. The monoisotopic (exact) mass is 232 g/mol. The van der Waals surface area contributed by atoms with Crippen LogP contribution < -0.4 is 4.90 Å². The van der Waals surface area contributed by atoms with Gasteiger partial charge in [0, 0.05) is 24.7 Å². The van der Waals surface area contributed by atoms with Gasteiger partial charge in [-0.1, -0.05) is 6.07 Å². The van der Waals surface area contributed by atoms with Crippen molar-refractivity contribution in [3.8, 4) is 0 Å². The van der Waals surface area contributed by atoms with E-state index < -0.39 is 0 Å².